The first-order valence-corrected chi connectivity index (χ1v) is 8.63. The van der Waals surface area contributed by atoms with Gasteiger partial charge >= 0.3 is 0 Å². The molecule has 0 fully saturated rings. The third-order valence-electron chi connectivity index (χ3n) is 3.31. The first-order valence-electron chi connectivity index (χ1n) is 5.63. The molecule has 0 aromatic heterocycles. The molecule has 1 aliphatic rings. The van der Waals surface area contributed by atoms with E-state index in [2.05, 4.69) is 61.7 Å². The Kier molecular flexibility index (Phi) is 2.92. The summed E-state index contributed by atoms with van der Waals surface area (Å²) in [5.41, 5.74) is 0. The predicted molar refractivity (Wildman–Crippen MR) is 70.0 cm³/mol. The van der Waals surface area contributed by atoms with E-state index in [1.54, 1.807) is 10.4 Å². The zero-order chi connectivity index (χ0) is 10.7. The van der Waals surface area contributed by atoms with Crippen LogP contribution in [0.2, 0.25) is 13.1 Å². The molecule has 2 rings (SSSR count). The summed E-state index contributed by atoms with van der Waals surface area (Å²) in [7, 11) is -1.37. The lowest BCUT2D eigenvalue weighted by Crippen LogP contribution is -2.43. The Labute approximate surface area is 93.3 Å². The second-order valence-electron chi connectivity index (χ2n) is 4.65. The van der Waals surface area contributed by atoms with E-state index in [4.69, 9.17) is 0 Å². The standard InChI is InChI=1S/C14H18Si/c1-15(2,13-9-5-3-6-10-13)14-11-7-4-8-12-14/h3-7,9-11H,8,12H2,1-2H3. The van der Waals surface area contributed by atoms with Crippen molar-refractivity contribution in [1.82, 2.24) is 0 Å². The zero-order valence-electron chi connectivity index (χ0n) is 9.53. The molecule has 0 amide bonds. The van der Waals surface area contributed by atoms with Crippen LogP contribution in [0.4, 0.5) is 0 Å². The summed E-state index contributed by atoms with van der Waals surface area (Å²) < 4.78 is 0. The fourth-order valence-electron chi connectivity index (χ4n) is 2.16. The van der Waals surface area contributed by atoms with E-state index in [-0.39, 0.29) is 0 Å². The van der Waals surface area contributed by atoms with Crippen LogP contribution < -0.4 is 5.19 Å². The molecule has 1 aliphatic carbocycles. The molecular formula is C14H18Si. The van der Waals surface area contributed by atoms with Gasteiger partial charge in [-0.25, -0.2) is 0 Å². The van der Waals surface area contributed by atoms with Gasteiger partial charge in [-0.15, -0.1) is 0 Å². The van der Waals surface area contributed by atoms with Crippen LogP contribution >= 0.6 is 0 Å². The molecule has 0 bridgehead atoms. The summed E-state index contributed by atoms with van der Waals surface area (Å²) in [6.07, 6.45) is 9.29. The van der Waals surface area contributed by atoms with Crippen molar-refractivity contribution >= 4 is 13.3 Å². The molecule has 1 aromatic carbocycles. The maximum absolute atomic E-state index is 2.45. The largest absolute Gasteiger partial charge is 0.107 e. The van der Waals surface area contributed by atoms with Crippen LogP contribution in [0.5, 0.6) is 0 Å². The maximum Gasteiger partial charge on any atom is 0.107 e. The molecule has 0 atom stereocenters. The van der Waals surface area contributed by atoms with Crippen LogP contribution in [0, 0.1) is 0 Å². The molecule has 0 aliphatic heterocycles. The average molecular weight is 214 g/mol. The second-order valence-corrected chi connectivity index (χ2v) is 9.12. The second kappa shape index (κ2) is 4.19. The summed E-state index contributed by atoms with van der Waals surface area (Å²) in [6, 6.07) is 11.0. The van der Waals surface area contributed by atoms with Crippen molar-refractivity contribution in [3.8, 4) is 0 Å². The highest BCUT2D eigenvalue weighted by atomic mass is 28.3. The minimum absolute atomic E-state index is 1.22. The molecule has 0 N–H and O–H groups in total. The first-order chi connectivity index (χ1) is 7.21. The molecule has 0 heterocycles. The van der Waals surface area contributed by atoms with E-state index in [1.165, 1.54) is 12.8 Å². The lowest BCUT2D eigenvalue weighted by atomic mass is 10.2. The van der Waals surface area contributed by atoms with Gasteiger partial charge in [0.2, 0.25) is 0 Å². The third-order valence-corrected chi connectivity index (χ3v) is 7.11. The number of allylic oxidation sites excluding steroid dienone is 4. The van der Waals surface area contributed by atoms with Crippen molar-refractivity contribution in [3.63, 3.8) is 0 Å². The summed E-state index contributed by atoms with van der Waals surface area (Å²) in [6.45, 7) is 4.90. The molecule has 1 aromatic rings. The highest BCUT2D eigenvalue weighted by Crippen LogP contribution is 2.22. The van der Waals surface area contributed by atoms with Crippen LogP contribution in [0.1, 0.15) is 12.8 Å². The highest BCUT2D eigenvalue weighted by molar-refractivity contribution is 6.95. The number of benzene rings is 1. The van der Waals surface area contributed by atoms with E-state index >= 15 is 0 Å². The monoisotopic (exact) mass is 214 g/mol. The smallest absolute Gasteiger partial charge is 0.0842 e. The van der Waals surface area contributed by atoms with Gasteiger partial charge < -0.3 is 0 Å². The minimum Gasteiger partial charge on any atom is -0.0842 e. The van der Waals surface area contributed by atoms with Crippen molar-refractivity contribution in [2.24, 2.45) is 0 Å². The molecule has 0 spiro atoms. The zero-order valence-corrected chi connectivity index (χ0v) is 10.5. The van der Waals surface area contributed by atoms with Crippen molar-refractivity contribution in [1.29, 1.82) is 0 Å². The van der Waals surface area contributed by atoms with Crippen molar-refractivity contribution in [3.05, 3.63) is 53.8 Å². The quantitative estimate of drug-likeness (QED) is 0.662. The molecular weight excluding hydrogens is 196 g/mol. The van der Waals surface area contributed by atoms with E-state index in [1.807, 2.05) is 0 Å². The Hall–Kier alpha value is -1.08. The van der Waals surface area contributed by atoms with Gasteiger partial charge in [-0.3, -0.25) is 0 Å². The molecule has 1 heteroatoms. The Balaban J connectivity index is 2.34. The van der Waals surface area contributed by atoms with Gasteiger partial charge in [-0.1, -0.05) is 72.0 Å². The van der Waals surface area contributed by atoms with Crippen LogP contribution in [0.25, 0.3) is 0 Å². The molecule has 0 saturated carbocycles. The molecule has 0 unspecified atom stereocenters. The lowest BCUT2D eigenvalue weighted by molar-refractivity contribution is 1.00. The summed E-state index contributed by atoms with van der Waals surface area (Å²) in [4.78, 5) is 0. The number of rotatable bonds is 2. The van der Waals surface area contributed by atoms with Crippen LogP contribution in [-0.4, -0.2) is 8.07 Å². The van der Waals surface area contributed by atoms with Gasteiger partial charge in [0, 0.05) is 0 Å². The Bertz CT molecular complexity index is 385. The maximum atomic E-state index is 2.45. The Morgan fingerprint density at radius 1 is 1.07 bits per heavy atom. The van der Waals surface area contributed by atoms with Crippen LogP contribution in [-0.2, 0) is 0 Å². The molecule has 15 heavy (non-hydrogen) atoms. The number of hydrogen-bond acceptors (Lipinski definition) is 0. The summed E-state index contributed by atoms with van der Waals surface area (Å²) in [5, 5.41) is 3.22. The molecule has 0 saturated heterocycles. The lowest BCUT2D eigenvalue weighted by Gasteiger charge is -2.27. The highest BCUT2D eigenvalue weighted by Gasteiger charge is 2.27. The Morgan fingerprint density at radius 3 is 2.40 bits per heavy atom. The minimum atomic E-state index is -1.37. The first kappa shape index (κ1) is 10.4. The van der Waals surface area contributed by atoms with Crippen LogP contribution in [0.3, 0.4) is 0 Å². The van der Waals surface area contributed by atoms with Crippen LogP contribution in [0.15, 0.2) is 53.8 Å². The fourth-order valence-corrected chi connectivity index (χ4v) is 4.84. The number of hydrogen-bond donors (Lipinski definition) is 0. The van der Waals surface area contributed by atoms with Gasteiger partial charge in [0.25, 0.3) is 0 Å². The van der Waals surface area contributed by atoms with Gasteiger partial charge in [0.1, 0.15) is 8.07 Å². The van der Waals surface area contributed by atoms with Gasteiger partial charge in [0.15, 0.2) is 0 Å². The van der Waals surface area contributed by atoms with E-state index < -0.39 is 8.07 Å². The van der Waals surface area contributed by atoms with Crippen molar-refractivity contribution in [2.75, 3.05) is 0 Å². The molecule has 0 radical (unpaired) electrons. The van der Waals surface area contributed by atoms with E-state index in [0.717, 1.165) is 0 Å². The normalized spacial score (nSPS) is 16.3. The van der Waals surface area contributed by atoms with Gasteiger partial charge in [0.05, 0.1) is 0 Å². The van der Waals surface area contributed by atoms with E-state index in [0.29, 0.717) is 0 Å². The third kappa shape index (κ3) is 2.12. The average Bonchev–Trinajstić information content (AvgIpc) is 2.31. The predicted octanol–water partition coefficient (Wildman–Crippen LogP) is 3.42. The van der Waals surface area contributed by atoms with Crippen molar-refractivity contribution in [2.45, 2.75) is 25.9 Å². The SMILES string of the molecule is C[Si](C)(C1=CC=CCC1)c1ccccc1. The Morgan fingerprint density at radius 2 is 1.80 bits per heavy atom. The summed E-state index contributed by atoms with van der Waals surface area (Å²) >= 11 is 0. The van der Waals surface area contributed by atoms with Crippen molar-refractivity contribution < 1.29 is 0 Å². The topological polar surface area (TPSA) is 0 Å². The summed E-state index contributed by atoms with van der Waals surface area (Å²) in [5.74, 6) is 0. The van der Waals surface area contributed by atoms with E-state index in [9.17, 15) is 0 Å². The van der Waals surface area contributed by atoms with Gasteiger partial charge in [-0.2, -0.15) is 0 Å². The fraction of sp³-hybridized carbons (Fsp3) is 0.286. The molecule has 78 valence electrons. The molecule has 0 nitrogen and oxygen atoms in total. The van der Waals surface area contributed by atoms with Gasteiger partial charge in [-0.05, 0) is 12.8 Å².